The molecule has 1 heteroatoms. The SMILES string of the molecule is CC.CC1CC2CNC1C2. The molecule has 2 fully saturated rings. The molecule has 0 aromatic heterocycles. The van der Waals surface area contributed by atoms with Crippen LogP contribution in [0.2, 0.25) is 0 Å². The first-order valence-electron chi connectivity index (χ1n) is 4.59. The van der Waals surface area contributed by atoms with Crippen molar-refractivity contribution in [3.05, 3.63) is 0 Å². The highest BCUT2D eigenvalue weighted by Crippen LogP contribution is 2.35. The highest BCUT2D eigenvalue weighted by Gasteiger charge is 2.36. The van der Waals surface area contributed by atoms with Crippen molar-refractivity contribution in [2.45, 2.75) is 39.7 Å². The van der Waals surface area contributed by atoms with Gasteiger partial charge in [0.25, 0.3) is 0 Å². The summed E-state index contributed by atoms with van der Waals surface area (Å²) in [4.78, 5) is 0. The predicted octanol–water partition coefficient (Wildman–Crippen LogP) is 2.03. The van der Waals surface area contributed by atoms with Crippen molar-refractivity contribution >= 4 is 0 Å². The number of hydrogen-bond acceptors (Lipinski definition) is 1. The molecule has 2 rings (SSSR count). The summed E-state index contributed by atoms with van der Waals surface area (Å²) in [5.74, 6) is 2.00. The average molecular weight is 141 g/mol. The van der Waals surface area contributed by atoms with E-state index in [1.807, 2.05) is 13.8 Å². The molecule has 1 nitrogen and oxygen atoms in total. The summed E-state index contributed by atoms with van der Waals surface area (Å²) >= 11 is 0. The molecule has 2 aliphatic rings. The van der Waals surface area contributed by atoms with Gasteiger partial charge in [-0.15, -0.1) is 0 Å². The highest BCUT2D eigenvalue weighted by molar-refractivity contribution is 4.93. The molecule has 0 radical (unpaired) electrons. The van der Waals surface area contributed by atoms with Crippen LogP contribution in [0.3, 0.4) is 0 Å². The second kappa shape index (κ2) is 3.38. The van der Waals surface area contributed by atoms with E-state index < -0.39 is 0 Å². The Balaban J connectivity index is 0.000000231. The molecule has 3 atom stereocenters. The minimum absolute atomic E-state index is 0.889. The molecule has 0 spiro atoms. The molecule has 1 saturated carbocycles. The zero-order valence-corrected chi connectivity index (χ0v) is 7.35. The van der Waals surface area contributed by atoms with Gasteiger partial charge < -0.3 is 5.32 Å². The first kappa shape index (κ1) is 8.06. The summed E-state index contributed by atoms with van der Waals surface area (Å²) in [6.07, 6.45) is 2.94. The molecule has 1 heterocycles. The summed E-state index contributed by atoms with van der Waals surface area (Å²) in [5.41, 5.74) is 0. The smallest absolute Gasteiger partial charge is 0.00960 e. The van der Waals surface area contributed by atoms with Crippen LogP contribution in [-0.4, -0.2) is 12.6 Å². The molecule has 0 aromatic rings. The van der Waals surface area contributed by atoms with E-state index in [1.54, 1.807) is 0 Å². The first-order valence-corrected chi connectivity index (χ1v) is 4.59. The Bertz CT molecular complexity index is 98.9. The Morgan fingerprint density at radius 3 is 2.10 bits per heavy atom. The largest absolute Gasteiger partial charge is 0.313 e. The molecule has 1 aliphatic carbocycles. The van der Waals surface area contributed by atoms with Crippen molar-refractivity contribution in [3.8, 4) is 0 Å². The van der Waals surface area contributed by atoms with Crippen molar-refractivity contribution in [2.75, 3.05) is 6.54 Å². The number of hydrogen-bond donors (Lipinski definition) is 1. The third-order valence-corrected chi connectivity index (χ3v) is 2.65. The maximum Gasteiger partial charge on any atom is 0.00960 e. The second-order valence-corrected chi connectivity index (χ2v) is 3.33. The van der Waals surface area contributed by atoms with Crippen LogP contribution in [0.5, 0.6) is 0 Å². The van der Waals surface area contributed by atoms with E-state index in [1.165, 1.54) is 19.4 Å². The zero-order chi connectivity index (χ0) is 7.56. The Morgan fingerprint density at radius 2 is 1.90 bits per heavy atom. The van der Waals surface area contributed by atoms with Gasteiger partial charge in [-0.3, -0.25) is 0 Å². The van der Waals surface area contributed by atoms with Crippen LogP contribution < -0.4 is 5.32 Å². The van der Waals surface area contributed by atoms with E-state index in [-0.39, 0.29) is 0 Å². The third kappa shape index (κ3) is 1.34. The fraction of sp³-hybridized carbons (Fsp3) is 1.00. The number of fused-ring (bicyclic) bond motifs is 2. The summed E-state index contributed by atoms with van der Waals surface area (Å²) in [7, 11) is 0. The monoisotopic (exact) mass is 141 g/mol. The van der Waals surface area contributed by atoms with Crippen molar-refractivity contribution in [1.29, 1.82) is 0 Å². The summed E-state index contributed by atoms with van der Waals surface area (Å²) in [6.45, 7) is 7.66. The van der Waals surface area contributed by atoms with Crippen molar-refractivity contribution in [1.82, 2.24) is 5.32 Å². The van der Waals surface area contributed by atoms with Gasteiger partial charge in [-0.05, 0) is 31.2 Å². The molecule has 3 unspecified atom stereocenters. The average Bonchev–Trinajstić information content (AvgIpc) is 2.52. The minimum Gasteiger partial charge on any atom is -0.313 e. The van der Waals surface area contributed by atoms with Crippen molar-refractivity contribution in [2.24, 2.45) is 11.8 Å². The second-order valence-electron chi connectivity index (χ2n) is 3.33. The lowest BCUT2D eigenvalue weighted by Crippen LogP contribution is -2.30. The van der Waals surface area contributed by atoms with E-state index in [4.69, 9.17) is 0 Å². The minimum atomic E-state index is 0.889. The maximum absolute atomic E-state index is 3.51. The molecular formula is C9H19N. The molecule has 0 aromatic carbocycles. The number of rotatable bonds is 0. The maximum atomic E-state index is 3.51. The van der Waals surface area contributed by atoms with Gasteiger partial charge in [0.1, 0.15) is 0 Å². The lowest BCUT2D eigenvalue weighted by atomic mass is 10.0. The van der Waals surface area contributed by atoms with Crippen LogP contribution in [0, 0.1) is 11.8 Å². The molecule has 0 amide bonds. The van der Waals surface area contributed by atoms with Gasteiger partial charge in [-0.25, -0.2) is 0 Å². The summed E-state index contributed by atoms with van der Waals surface area (Å²) in [5, 5.41) is 3.51. The van der Waals surface area contributed by atoms with Gasteiger partial charge >= 0.3 is 0 Å². The Kier molecular flexibility index (Phi) is 2.72. The molecule has 1 aliphatic heterocycles. The summed E-state index contributed by atoms with van der Waals surface area (Å²) < 4.78 is 0. The van der Waals surface area contributed by atoms with E-state index in [0.29, 0.717) is 0 Å². The van der Waals surface area contributed by atoms with Crippen LogP contribution in [0.15, 0.2) is 0 Å². The van der Waals surface area contributed by atoms with Gasteiger partial charge in [0.05, 0.1) is 0 Å². The van der Waals surface area contributed by atoms with Gasteiger partial charge in [-0.2, -0.15) is 0 Å². The van der Waals surface area contributed by atoms with E-state index in [0.717, 1.165) is 17.9 Å². The standard InChI is InChI=1S/C7H13N.C2H6/c1-5-2-6-3-7(5)8-4-6;1-2/h5-8H,2-4H2,1H3;1-2H3. The van der Waals surface area contributed by atoms with Gasteiger partial charge in [-0.1, -0.05) is 20.8 Å². The number of nitrogens with one attached hydrogen (secondary N) is 1. The Labute approximate surface area is 64.2 Å². The van der Waals surface area contributed by atoms with Gasteiger partial charge in [0.15, 0.2) is 0 Å². The van der Waals surface area contributed by atoms with Gasteiger partial charge in [0.2, 0.25) is 0 Å². The van der Waals surface area contributed by atoms with Crippen LogP contribution >= 0.6 is 0 Å². The van der Waals surface area contributed by atoms with E-state index >= 15 is 0 Å². The fourth-order valence-corrected chi connectivity index (χ4v) is 2.15. The Hall–Kier alpha value is -0.0400. The fourth-order valence-electron chi connectivity index (χ4n) is 2.15. The lowest BCUT2D eigenvalue weighted by Gasteiger charge is -2.17. The molecule has 1 saturated heterocycles. The van der Waals surface area contributed by atoms with Crippen LogP contribution in [0.1, 0.15) is 33.6 Å². The Morgan fingerprint density at radius 1 is 1.20 bits per heavy atom. The topological polar surface area (TPSA) is 12.0 Å². The molecule has 2 bridgehead atoms. The van der Waals surface area contributed by atoms with Crippen LogP contribution in [-0.2, 0) is 0 Å². The molecule has 60 valence electrons. The molecular weight excluding hydrogens is 122 g/mol. The predicted molar refractivity (Wildman–Crippen MR) is 45.0 cm³/mol. The number of piperidine rings is 1. The van der Waals surface area contributed by atoms with Gasteiger partial charge in [0, 0.05) is 6.04 Å². The van der Waals surface area contributed by atoms with E-state index in [9.17, 15) is 0 Å². The van der Waals surface area contributed by atoms with Crippen molar-refractivity contribution < 1.29 is 0 Å². The zero-order valence-electron chi connectivity index (χ0n) is 7.35. The quantitative estimate of drug-likeness (QED) is 0.544. The third-order valence-electron chi connectivity index (χ3n) is 2.65. The molecule has 1 N–H and O–H groups in total. The lowest BCUT2D eigenvalue weighted by molar-refractivity contribution is 0.392. The van der Waals surface area contributed by atoms with Crippen LogP contribution in [0.4, 0.5) is 0 Å². The van der Waals surface area contributed by atoms with E-state index in [2.05, 4.69) is 12.2 Å². The molecule has 10 heavy (non-hydrogen) atoms. The highest BCUT2D eigenvalue weighted by atomic mass is 15.0. The summed E-state index contributed by atoms with van der Waals surface area (Å²) in [6, 6.07) is 0.889. The normalized spacial score (nSPS) is 42.9. The van der Waals surface area contributed by atoms with Crippen LogP contribution in [0.25, 0.3) is 0 Å². The van der Waals surface area contributed by atoms with Crippen molar-refractivity contribution in [3.63, 3.8) is 0 Å². The first-order chi connectivity index (χ1) is 4.86.